The molecule has 3 nitrogen and oxygen atoms in total. The van der Waals surface area contributed by atoms with Gasteiger partial charge in [-0.15, -0.1) is 0 Å². The molecular formula is C15H16BFO3. The first-order chi connectivity index (χ1) is 9.56. The monoisotopic (exact) mass is 274 g/mol. The SMILES string of the molecule is Cc1ccc(COCc2ccc(B(O)O)c(F)c2)cc1. The molecule has 0 aliphatic heterocycles. The predicted molar refractivity (Wildman–Crippen MR) is 75.9 cm³/mol. The smallest absolute Gasteiger partial charge is 0.423 e. The zero-order chi connectivity index (χ0) is 14.5. The second-order valence-corrected chi connectivity index (χ2v) is 4.71. The molecule has 20 heavy (non-hydrogen) atoms. The molecule has 104 valence electrons. The molecule has 2 aromatic carbocycles. The van der Waals surface area contributed by atoms with E-state index in [1.807, 2.05) is 31.2 Å². The Morgan fingerprint density at radius 2 is 1.60 bits per heavy atom. The summed E-state index contributed by atoms with van der Waals surface area (Å²) in [5, 5.41) is 17.9. The van der Waals surface area contributed by atoms with Crippen LogP contribution >= 0.6 is 0 Å². The fraction of sp³-hybridized carbons (Fsp3) is 0.200. The fourth-order valence-electron chi connectivity index (χ4n) is 1.84. The van der Waals surface area contributed by atoms with Crippen LogP contribution in [0.25, 0.3) is 0 Å². The number of rotatable bonds is 5. The number of ether oxygens (including phenoxy) is 1. The largest absolute Gasteiger partial charge is 0.491 e. The van der Waals surface area contributed by atoms with Crippen LogP contribution in [0, 0.1) is 12.7 Å². The molecule has 2 N–H and O–H groups in total. The molecule has 0 aromatic heterocycles. The van der Waals surface area contributed by atoms with E-state index in [1.54, 1.807) is 6.07 Å². The van der Waals surface area contributed by atoms with Crippen molar-refractivity contribution in [2.75, 3.05) is 0 Å². The summed E-state index contributed by atoms with van der Waals surface area (Å²) < 4.78 is 19.0. The molecule has 0 atom stereocenters. The first kappa shape index (κ1) is 14.7. The highest BCUT2D eigenvalue weighted by atomic mass is 19.1. The molecule has 0 saturated carbocycles. The van der Waals surface area contributed by atoms with Gasteiger partial charge in [0.15, 0.2) is 0 Å². The van der Waals surface area contributed by atoms with E-state index in [4.69, 9.17) is 14.8 Å². The maximum Gasteiger partial charge on any atom is 0.491 e. The van der Waals surface area contributed by atoms with Crippen LogP contribution in [0.3, 0.4) is 0 Å². The van der Waals surface area contributed by atoms with Crippen molar-refractivity contribution >= 4 is 12.6 Å². The van der Waals surface area contributed by atoms with Gasteiger partial charge in [0.25, 0.3) is 0 Å². The van der Waals surface area contributed by atoms with Crippen molar-refractivity contribution in [1.29, 1.82) is 0 Å². The molecule has 0 spiro atoms. The Labute approximate surface area is 117 Å². The quantitative estimate of drug-likeness (QED) is 0.813. The molecule has 2 aromatic rings. The summed E-state index contributed by atoms with van der Waals surface area (Å²) in [5.41, 5.74) is 2.76. The van der Waals surface area contributed by atoms with E-state index in [9.17, 15) is 4.39 Å². The van der Waals surface area contributed by atoms with Crippen LogP contribution in [0.1, 0.15) is 16.7 Å². The molecule has 0 aliphatic rings. The number of hydrogen-bond acceptors (Lipinski definition) is 3. The summed E-state index contributed by atoms with van der Waals surface area (Å²) in [6, 6.07) is 12.2. The maximum atomic E-state index is 13.5. The molecule has 0 amide bonds. The summed E-state index contributed by atoms with van der Waals surface area (Å²) in [5.74, 6) is -0.642. The fourth-order valence-corrected chi connectivity index (χ4v) is 1.84. The second kappa shape index (κ2) is 6.66. The van der Waals surface area contributed by atoms with E-state index in [-0.39, 0.29) is 12.1 Å². The van der Waals surface area contributed by atoms with Gasteiger partial charge in [-0.1, -0.05) is 42.0 Å². The van der Waals surface area contributed by atoms with Gasteiger partial charge in [-0.2, -0.15) is 0 Å². The lowest BCUT2D eigenvalue weighted by molar-refractivity contribution is 0.107. The standard InChI is InChI=1S/C15H16BFO3/c1-11-2-4-12(5-3-11)9-20-10-13-6-7-14(16(18)19)15(17)8-13/h2-8,18-19H,9-10H2,1H3. The minimum atomic E-state index is -1.79. The molecule has 0 aliphatic carbocycles. The van der Waals surface area contributed by atoms with E-state index < -0.39 is 12.9 Å². The molecule has 0 bridgehead atoms. The average Bonchev–Trinajstić information content (AvgIpc) is 2.41. The van der Waals surface area contributed by atoms with E-state index in [0.717, 1.165) is 5.56 Å². The topological polar surface area (TPSA) is 49.7 Å². The molecule has 0 saturated heterocycles. The number of benzene rings is 2. The van der Waals surface area contributed by atoms with Crippen LogP contribution < -0.4 is 5.46 Å². The Hall–Kier alpha value is -1.69. The maximum absolute atomic E-state index is 13.5. The third-order valence-electron chi connectivity index (χ3n) is 3.00. The van der Waals surface area contributed by atoms with Crippen molar-refractivity contribution in [2.45, 2.75) is 20.1 Å². The Bertz CT molecular complexity index is 570. The van der Waals surface area contributed by atoms with Crippen molar-refractivity contribution in [3.63, 3.8) is 0 Å². The highest BCUT2D eigenvalue weighted by molar-refractivity contribution is 6.58. The number of halogens is 1. The van der Waals surface area contributed by atoms with Crippen molar-refractivity contribution in [3.05, 3.63) is 65.0 Å². The first-order valence-corrected chi connectivity index (χ1v) is 6.34. The minimum Gasteiger partial charge on any atom is -0.423 e. The molecule has 0 heterocycles. The zero-order valence-corrected chi connectivity index (χ0v) is 11.2. The number of hydrogen-bond donors (Lipinski definition) is 2. The third kappa shape index (κ3) is 3.90. The minimum absolute atomic E-state index is 0.132. The molecule has 2 rings (SSSR count). The highest BCUT2D eigenvalue weighted by Gasteiger charge is 2.16. The van der Waals surface area contributed by atoms with E-state index >= 15 is 0 Å². The van der Waals surface area contributed by atoms with Gasteiger partial charge in [0.2, 0.25) is 0 Å². The summed E-state index contributed by atoms with van der Waals surface area (Å²) in [4.78, 5) is 0. The van der Waals surface area contributed by atoms with Crippen LogP contribution in [0.15, 0.2) is 42.5 Å². The van der Waals surface area contributed by atoms with Crippen LogP contribution in [0.5, 0.6) is 0 Å². The number of aryl methyl sites for hydroxylation is 1. The van der Waals surface area contributed by atoms with Gasteiger partial charge < -0.3 is 14.8 Å². The Morgan fingerprint density at radius 1 is 1.00 bits per heavy atom. The van der Waals surface area contributed by atoms with E-state index in [1.165, 1.54) is 17.7 Å². The van der Waals surface area contributed by atoms with Gasteiger partial charge in [-0.25, -0.2) is 4.39 Å². The van der Waals surface area contributed by atoms with Crippen molar-refractivity contribution in [3.8, 4) is 0 Å². The van der Waals surface area contributed by atoms with Gasteiger partial charge in [0, 0.05) is 5.46 Å². The molecule has 0 radical (unpaired) electrons. The summed E-state index contributed by atoms with van der Waals surface area (Å²) >= 11 is 0. The lowest BCUT2D eigenvalue weighted by Gasteiger charge is -2.07. The molecule has 0 fully saturated rings. The lowest BCUT2D eigenvalue weighted by atomic mass is 9.79. The zero-order valence-electron chi connectivity index (χ0n) is 11.2. The normalized spacial score (nSPS) is 10.6. The predicted octanol–water partition coefficient (Wildman–Crippen LogP) is 1.53. The molecule has 5 heteroatoms. The Balaban J connectivity index is 1.91. The third-order valence-corrected chi connectivity index (χ3v) is 3.00. The summed E-state index contributed by atoms with van der Waals surface area (Å²) in [6.07, 6.45) is 0. The average molecular weight is 274 g/mol. The van der Waals surface area contributed by atoms with Crippen LogP contribution in [-0.4, -0.2) is 17.2 Å². The van der Waals surface area contributed by atoms with Gasteiger partial charge in [0.05, 0.1) is 13.2 Å². The molecular weight excluding hydrogens is 258 g/mol. The van der Waals surface area contributed by atoms with Crippen molar-refractivity contribution in [1.82, 2.24) is 0 Å². The van der Waals surface area contributed by atoms with E-state index in [2.05, 4.69) is 0 Å². The lowest BCUT2D eigenvalue weighted by Crippen LogP contribution is -2.32. The highest BCUT2D eigenvalue weighted by Crippen LogP contribution is 2.08. The van der Waals surface area contributed by atoms with Gasteiger partial charge in [0.1, 0.15) is 5.82 Å². The van der Waals surface area contributed by atoms with Crippen LogP contribution in [-0.2, 0) is 18.0 Å². The van der Waals surface area contributed by atoms with Gasteiger partial charge >= 0.3 is 7.12 Å². The molecule has 0 unspecified atom stereocenters. The second-order valence-electron chi connectivity index (χ2n) is 4.71. The van der Waals surface area contributed by atoms with Crippen LogP contribution in [0.2, 0.25) is 0 Å². The Morgan fingerprint density at radius 3 is 2.20 bits per heavy atom. The van der Waals surface area contributed by atoms with Gasteiger partial charge in [-0.3, -0.25) is 0 Å². The summed E-state index contributed by atoms with van der Waals surface area (Å²) in [7, 11) is -1.79. The van der Waals surface area contributed by atoms with Crippen molar-refractivity contribution in [2.24, 2.45) is 0 Å². The van der Waals surface area contributed by atoms with Crippen molar-refractivity contribution < 1.29 is 19.2 Å². The Kier molecular flexibility index (Phi) is 4.90. The van der Waals surface area contributed by atoms with E-state index in [0.29, 0.717) is 12.2 Å². The van der Waals surface area contributed by atoms with Gasteiger partial charge in [-0.05, 0) is 24.1 Å². The summed E-state index contributed by atoms with van der Waals surface area (Å²) in [6.45, 7) is 2.74. The first-order valence-electron chi connectivity index (χ1n) is 6.34. The van der Waals surface area contributed by atoms with Crippen LogP contribution in [0.4, 0.5) is 4.39 Å².